The lowest BCUT2D eigenvalue weighted by atomic mass is 10.1. The number of rotatable bonds is 8. The summed E-state index contributed by atoms with van der Waals surface area (Å²) in [6.07, 6.45) is 9.67. The molecule has 1 unspecified atom stereocenters. The second-order valence-corrected chi connectivity index (χ2v) is 7.57. The standard InChI is InChI=1S/C15H21NOS.C6H9N3O/c1-3-5-6-8-12(4-2)17-13-9-7-10-14-15(13)16-11-18-14;1-5(10)8-6-3-7-9(2)4-6/h7,9-12H,3-6,8H2,1-2H3;3-4H,1-2H3,(H,8,10). The highest BCUT2D eigenvalue weighted by atomic mass is 32.1. The highest BCUT2D eigenvalue weighted by Crippen LogP contribution is 2.28. The molecule has 1 atom stereocenters. The first-order chi connectivity index (χ1) is 13.5. The van der Waals surface area contributed by atoms with Gasteiger partial charge in [-0.25, -0.2) is 4.98 Å². The quantitative estimate of drug-likeness (QED) is 0.511. The summed E-state index contributed by atoms with van der Waals surface area (Å²) in [6, 6.07) is 6.18. The highest BCUT2D eigenvalue weighted by molar-refractivity contribution is 7.16. The van der Waals surface area contributed by atoms with E-state index >= 15 is 0 Å². The summed E-state index contributed by atoms with van der Waals surface area (Å²) < 4.78 is 8.96. The molecular formula is C21H30N4O2S. The van der Waals surface area contributed by atoms with Gasteiger partial charge in [0.15, 0.2) is 0 Å². The molecule has 0 saturated heterocycles. The molecule has 152 valence electrons. The Bertz CT molecular complexity index is 859. The Morgan fingerprint density at radius 2 is 2.14 bits per heavy atom. The lowest BCUT2D eigenvalue weighted by Gasteiger charge is -2.17. The minimum absolute atomic E-state index is 0.0759. The van der Waals surface area contributed by atoms with E-state index in [1.54, 1.807) is 35.5 Å². The van der Waals surface area contributed by atoms with Crippen molar-refractivity contribution in [2.24, 2.45) is 7.05 Å². The molecule has 3 aromatic rings. The molecule has 1 aromatic carbocycles. The van der Waals surface area contributed by atoms with Gasteiger partial charge in [-0.3, -0.25) is 9.48 Å². The summed E-state index contributed by atoms with van der Waals surface area (Å²) >= 11 is 1.67. The van der Waals surface area contributed by atoms with Crippen molar-refractivity contribution in [2.45, 2.75) is 59.0 Å². The second-order valence-electron chi connectivity index (χ2n) is 6.68. The number of carbonyl (C=O) groups is 1. The maximum Gasteiger partial charge on any atom is 0.221 e. The van der Waals surface area contributed by atoms with Crippen molar-refractivity contribution in [1.29, 1.82) is 0 Å². The van der Waals surface area contributed by atoms with Crippen LogP contribution in [0.5, 0.6) is 5.75 Å². The third-order valence-electron chi connectivity index (χ3n) is 4.23. The van der Waals surface area contributed by atoms with Crippen LogP contribution in [0.2, 0.25) is 0 Å². The predicted octanol–water partition coefficient (Wildman–Crippen LogP) is 5.41. The Labute approximate surface area is 170 Å². The molecule has 0 radical (unpaired) electrons. The van der Waals surface area contributed by atoms with Gasteiger partial charge in [-0.2, -0.15) is 5.10 Å². The largest absolute Gasteiger partial charge is 0.488 e. The van der Waals surface area contributed by atoms with Gasteiger partial charge >= 0.3 is 0 Å². The average Bonchev–Trinajstić information content (AvgIpc) is 3.30. The van der Waals surface area contributed by atoms with E-state index in [-0.39, 0.29) is 5.91 Å². The van der Waals surface area contributed by atoms with Crippen molar-refractivity contribution in [3.63, 3.8) is 0 Å². The van der Waals surface area contributed by atoms with Crippen LogP contribution in [0.25, 0.3) is 10.2 Å². The number of benzene rings is 1. The first-order valence-electron chi connectivity index (χ1n) is 9.78. The topological polar surface area (TPSA) is 69.0 Å². The van der Waals surface area contributed by atoms with Crippen molar-refractivity contribution in [3.8, 4) is 5.75 Å². The number of nitrogens with zero attached hydrogens (tertiary/aromatic N) is 3. The van der Waals surface area contributed by atoms with E-state index in [1.807, 2.05) is 11.6 Å². The summed E-state index contributed by atoms with van der Waals surface area (Å²) in [7, 11) is 1.80. The van der Waals surface area contributed by atoms with Crippen LogP contribution in [0.4, 0.5) is 5.69 Å². The monoisotopic (exact) mass is 402 g/mol. The molecule has 28 heavy (non-hydrogen) atoms. The van der Waals surface area contributed by atoms with Gasteiger partial charge < -0.3 is 10.1 Å². The van der Waals surface area contributed by atoms with Gasteiger partial charge in [0.25, 0.3) is 0 Å². The van der Waals surface area contributed by atoms with E-state index in [1.165, 1.54) is 30.9 Å². The zero-order valence-corrected chi connectivity index (χ0v) is 18.0. The number of para-hydroxylation sites is 1. The van der Waals surface area contributed by atoms with Crippen molar-refractivity contribution in [2.75, 3.05) is 5.32 Å². The summed E-state index contributed by atoms with van der Waals surface area (Å²) in [5, 5.41) is 6.47. The molecule has 7 heteroatoms. The Morgan fingerprint density at radius 3 is 2.79 bits per heavy atom. The number of anilines is 1. The zero-order valence-electron chi connectivity index (χ0n) is 17.1. The number of ether oxygens (including phenoxy) is 1. The number of fused-ring (bicyclic) bond motifs is 1. The molecule has 0 aliphatic rings. The van der Waals surface area contributed by atoms with Crippen LogP contribution in [-0.4, -0.2) is 26.8 Å². The molecule has 1 N–H and O–H groups in total. The number of hydrogen-bond acceptors (Lipinski definition) is 5. The van der Waals surface area contributed by atoms with Crippen LogP contribution in [-0.2, 0) is 11.8 Å². The van der Waals surface area contributed by atoms with Gasteiger partial charge in [-0.1, -0.05) is 32.8 Å². The Balaban J connectivity index is 0.000000237. The minimum atomic E-state index is -0.0759. The van der Waals surface area contributed by atoms with Crippen molar-refractivity contribution in [1.82, 2.24) is 14.8 Å². The van der Waals surface area contributed by atoms with Gasteiger partial charge in [-0.05, 0) is 31.4 Å². The molecule has 2 aromatic heterocycles. The fraction of sp³-hybridized carbons (Fsp3) is 0.476. The maximum absolute atomic E-state index is 10.5. The van der Waals surface area contributed by atoms with Gasteiger partial charge in [0.1, 0.15) is 11.3 Å². The van der Waals surface area contributed by atoms with Crippen molar-refractivity contribution in [3.05, 3.63) is 36.1 Å². The number of hydrogen-bond donors (Lipinski definition) is 1. The van der Waals surface area contributed by atoms with Gasteiger partial charge in [0, 0.05) is 20.2 Å². The molecule has 0 aliphatic heterocycles. The number of thiazole rings is 1. The summed E-state index contributed by atoms with van der Waals surface area (Å²) in [4.78, 5) is 14.9. The van der Waals surface area contributed by atoms with E-state index < -0.39 is 0 Å². The number of aryl methyl sites for hydroxylation is 1. The van der Waals surface area contributed by atoms with Crippen molar-refractivity contribution < 1.29 is 9.53 Å². The lowest BCUT2D eigenvalue weighted by Crippen LogP contribution is -2.15. The number of nitrogens with one attached hydrogen (secondary N) is 1. The Morgan fingerprint density at radius 1 is 1.32 bits per heavy atom. The zero-order chi connectivity index (χ0) is 20.4. The molecule has 0 bridgehead atoms. The smallest absolute Gasteiger partial charge is 0.221 e. The molecule has 2 heterocycles. The average molecular weight is 403 g/mol. The number of amides is 1. The lowest BCUT2D eigenvalue weighted by molar-refractivity contribution is -0.114. The predicted molar refractivity (Wildman–Crippen MR) is 116 cm³/mol. The van der Waals surface area contributed by atoms with Crippen LogP contribution in [0, 0.1) is 0 Å². The molecule has 0 fully saturated rings. The van der Waals surface area contributed by atoms with E-state index in [4.69, 9.17) is 4.74 Å². The van der Waals surface area contributed by atoms with Crippen LogP contribution in [0.1, 0.15) is 52.9 Å². The fourth-order valence-corrected chi connectivity index (χ4v) is 3.49. The molecule has 0 aliphatic carbocycles. The summed E-state index contributed by atoms with van der Waals surface area (Å²) in [5.41, 5.74) is 3.63. The Hall–Kier alpha value is -2.41. The summed E-state index contributed by atoms with van der Waals surface area (Å²) in [5.74, 6) is 0.866. The molecule has 3 rings (SSSR count). The molecular weight excluding hydrogens is 372 g/mol. The van der Waals surface area contributed by atoms with E-state index in [9.17, 15) is 4.79 Å². The SMILES string of the molecule is CC(=O)Nc1cnn(C)c1.CCCCCC(CC)Oc1cccc2scnc12. The van der Waals surface area contributed by atoms with Gasteiger partial charge in [0.05, 0.1) is 28.2 Å². The molecule has 0 saturated carbocycles. The highest BCUT2D eigenvalue weighted by Gasteiger charge is 2.11. The van der Waals surface area contributed by atoms with Crippen molar-refractivity contribution >= 4 is 33.1 Å². The second kappa shape index (κ2) is 11.4. The third kappa shape index (κ3) is 6.96. The molecule has 6 nitrogen and oxygen atoms in total. The normalized spacial score (nSPS) is 11.6. The summed E-state index contributed by atoms with van der Waals surface area (Å²) in [6.45, 7) is 5.89. The fourth-order valence-electron chi connectivity index (χ4n) is 2.79. The number of carbonyl (C=O) groups excluding carboxylic acids is 1. The molecule has 1 amide bonds. The third-order valence-corrected chi connectivity index (χ3v) is 5.02. The number of aromatic nitrogens is 3. The maximum atomic E-state index is 10.5. The van der Waals surface area contributed by atoms with E-state index in [0.29, 0.717) is 6.10 Å². The van der Waals surface area contributed by atoms with Gasteiger partial charge in [-0.15, -0.1) is 11.3 Å². The first-order valence-corrected chi connectivity index (χ1v) is 10.7. The van der Waals surface area contributed by atoms with Crippen LogP contribution < -0.4 is 10.1 Å². The minimum Gasteiger partial charge on any atom is -0.488 e. The number of unbranched alkanes of at least 4 members (excludes halogenated alkanes) is 2. The van der Waals surface area contributed by atoms with Gasteiger partial charge in [0.2, 0.25) is 5.91 Å². The van der Waals surface area contributed by atoms with Crippen LogP contribution in [0.15, 0.2) is 36.1 Å². The Kier molecular flexibility index (Phi) is 8.94. The molecule has 0 spiro atoms. The van der Waals surface area contributed by atoms with E-state index in [0.717, 1.165) is 29.8 Å². The first kappa shape index (κ1) is 21.9. The van der Waals surface area contributed by atoms with Crippen LogP contribution in [0.3, 0.4) is 0 Å². The van der Waals surface area contributed by atoms with Crippen LogP contribution >= 0.6 is 11.3 Å². The van der Waals surface area contributed by atoms with E-state index in [2.05, 4.69) is 41.4 Å².